The Kier molecular flexibility index (Phi) is 8.48. The molecule has 7 heteroatoms. The number of carbonyl (C=O) groups excluding carboxylic acids is 1. The summed E-state index contributed by atoms with van der Waals surface area (Å²) in [6.07, 6.45) is 1.55. The number of carbonyl (C=O) groups is 1. The highest BCUT2D eigenvalue weighted by atomic mass is 16.5. The summed E-state index contributed by atoms with van der Waals surface area (Å²) in [6.45, 7) is 6.09. The van der Waals surface area contributed by atoms with Crippen molar-refractivity contribution in [2.75, 3.05) is 40.4 Å². The van der Waals surface area contributed by atoms with Crippen molar-refractivity contribution in [1.29, 1.82) is 0 Å². The maximum absolute atomic E-state index is 12.5. The van der Waals surface area contributed by atoms with E-state index in [1.165, 1.54) is 11.1 Å². The monoisotopic (exact) mass is 472 g/mol. The van der Waals surface area contributed by atoms with Crippen LogP contribution < -0.4 is 14.9 Å². The Balaban J connectivity index is 1.25. The van der Waals surface area contributed by atoms with Gasteiger partial charge < -0.3 is 9.47 Å². The Labute approximate surface area is 207 Å². The van der Waals surface area contributed by atoms with E-state index in [0.717, 1.165) is 39.3 Å². The lowest BCUT2D eigenvalue weighted by Gasteiger charge is -2.34. The molecule has 0 aromatic heterocycles. The molecule has 1 fully saturated rings. The molecule has 0 aliphatic carbocycles. The molecule has 3 aromatic rings. The lowest BCUT2D eigenvalue weighted by molar-refractivity contribution is 0.0955. The molecular formula is C28H32N4O3. The van der Waals surface area contributed by atoms with Crippen molar-refractivity contribution < 1.29 is 14.3 Å². The van der Waals surface area contributed by atoms with Gasteiger partial charge in [-0.3, -0.25) is 14.6 Å². The van der Waals surface area contributed by atoms with E-state index >= 15 is 0 Å². The first-order chi connectivity index (χ1) is 17.2. The number of hydrazone groups is 1. The maximum Gasteiger partial charge on any atom is 0.271 e. The van der Waals surface area contributed by atoms with Crippen LogP contribution in [0.3, 0.4) is 0 Å². The Morgan fingerprint density at radius 2 is 1.46 bits per heavy atom. The van der Waals surface area contributed by atoms with Crippen LogP contribution >= 0.6 is 0 Å². The topological polar surface area (TPSA) is 66.4 Å². The van der Waals surface area contributed by atoms with E-state index in [1.54, 1.807) is 26.5 Å². The number of rotatable bonds is 9. The lowest BCUT2D eigenvalue weighted by atomic mass is 10.1. The minimum atomic E-state index is -0.260. The number of benzene rings is 3. The number of amides is 1. The minimum absolute atomic E-state index is 0.260. The fraction of sp³-hybridized carbons (Fsp3) is 0.286. The molecule has 0 atom stereocenters. The van der Waals surface area contributed by atoms with E-state index in [1.807, 2.05) is 36.4 Å². The lowest BCUT2D eigenvalue weighted by Crippen LogP contribution is -2.45. The summed E-state index contributed by atoms with van der Waals surface area (Å²) in [6, 6.07) is 23.8. The number of ether oxygens (including phenoxy) is 2. The van der Waals surface area contributed by atoms with E-state index in [2.05, 4.69) is 50.7 Å². The van der Waals surface area contributed by atoms with Crippen molar-refractivity contribution in [3.05, 3.63) is 95.1 Å². The van der Waals surface area contributed by atoms with Gasteiger partial charge in [0.15, 0.2) is 11.5 Å². The normalized spacial score (nSPS) is 14.7. The number of piperazine rings is 1. The standard InChI is InChI=1S/C28H32N4O3/c1-34-26-10-6-9-25(27(26)35-2)19-29-30-28(33)24-13-11-23(12-14-24)21-32-17-15-31(16-18-32)20-22-7-4-3-5-8-22/h3-14,19H,15-18,20-21H2,1-2H3,(H,30,33). The average molecular weight is 473 g/mol. The number of hydrogen-bond acceptors (Lipinski definition) is 6. The van der Waals surface area contributed by atoms with Crippen molar-refractivity contribution in [3.8, 4) is 11.5 Å². The molecular weight excluding hydrogens is 440 g/mol. The number of nitrogens with one attached hydrogen (secondary N) is 1. The first kappa shape index (κ1) is 24.4. The third-order valence-corrected chi connectivity index (χ3v) is 6.14. The fourth-order valence-electron chi connectivity index (χ4n) is 4.21. The molecule has 1 saturated heterocycles. The SMILES string of the molecule is COc1cccc(C=NNC(=O)c2ccc(CN3CCN(Cc4ccccc4)CC3)cc2)c1OC. The highest BCUT2D eigenvalue weighted by Crippen LogP contribution is 2.29. The van der Waals surface area contributed by atoms with E-state index in [4.69, 9.17) is 9.47 Å². The summed E-state index contributed by atoms with van der Waals surface area (Å²) in [5.41, 5.74) is 6.42. The summed E-state index contributed by atoms with van der Waals surface area (Å²) in [5.74, 6) is 0.915. The van der Waals surface area contributed by atoms with Gasteiger partial charge in [-0.2, -0.15) is 5.10 Å². The highest BCUT2D eigenvalue weighted by Gasteiger charge is 2.17. The molecule has 0 saturated carbocycles. The van der Waals surface area contributed by atoms with Crippen LogP contribution in [-0.4, -0.2) is 62.3 Å². The molecule has 35 heavy (non-hydrogen) atoms. The Bertz CT molecular complexity index is 1120. The van der Waals surface area contributed by atoms with Gasteiger partial charge in [0.05, 0.1) is 20.4 Å². The number of methoxy groups -OCH3 is 2. The molecule has 0 unspecified atom stereocenters. The average Bonchev–Trinajstić information content (AvgIpc) is 2.90. The first-order valence-corrected chi connectivity index (χ1v) is 11.8. The van der Waals surface area contributed by atoms with E-state index in [9.17, 15) is 4.79 Å². The van der Waals surface area contributed by atoms with Crippen LogP contribution in [0.1, 0.15) is 27.0 Å². The van der Waals surface area contributed by atoms with Crippen molar-refractivity contribution in [3.63, 3.8) is 0 Å². The Hall–Kier alpha value is -3.68. The van der Waals surface area contributed by atoms with Gasteiger partial charge in [-0.25, -0.2) is 5.43 Å². The zero-order valence-electron chi connectivity index (χ0n) is 20.3. The highest BCUT2D eigenvalue weighted by molar-refractivity contribution is 5.95. The summed E-state index contributed by atoms with van der Waals surface area (Å²) in [5, 5.41) is 4.08. The molecule has 182 valence electrons. The summed E-state index contributed by atoms with van der Waals surface area (Å²) >= 11 is 0. The molecule has 1 amide bonds. The zero-order valence-corrected chi connectivity index (χ0v) is 20.3. The second-order valence-corrected chi connectivity index (χ2v) is 8.52. The molecule has 3 aromatic carbocycles. The van der Waals surface area contributed by atoms with E-state index in [-0.39, 0.29) is 5.91 Å². The molecule has 0 radical (unpaired) electrons. The van der Waals surface area contributed by atoms with Gasteiger partial charge in [0.1, 0.15) is 0 Å². The Morgan fingerprint density at radius 3 is 2.06 bits per heavy atom. The number of nitrogens with zero attached hydrogens (tertiary/aromatic N) is 3. The van der Waals surface area contributed by atoms with Crippen LogP contribution in [0.2, 0.25) is 0 Å². The van der Waals surface area contributed by atoms with E-state index < -0.39 is 0 Å². The van der Waals surface area contributed by atoms with Crippen LogP contribution in [0, 0.1) is 0 Å². The number of para-hydroxylation sites is 1. The summed E-state index contributed by atoms with van der Waals surface area (Å²) in [7, 11) is 3.15. The molecule has 0 bridgehead atoms. The molecule has 1 N–H and O–H groups in total. The summed E-state index contributed by atoms with van der Waals surface area (Å²) < 4.78 is 10.7. The molecule has 7 nitrogen and oxygen atoms in total. The predicted octanol–water partition coefficient (Wildman–Crippen LogP) is 3.79. The van der Waals surface area contributed by atoms with Crippen LogP contribution in [0.25, 0.3) is 0 Å². The second-order valence-electron chi connectivity index (χ2n) is 8.52. The smallest absolute Gasteiger partial charge is 0.271 e. The third-order valence-electron chi connectivity index (χ3n) is 6.14. The molecule has 1 heterocycles. The number of hydrogen-bond donors (Lipinski definition) is 1. The Morgan fingerprint density at radius 1 is 0.829 bits per heavy atom. The van der Waals surface area contributed by atoms with Crippen molar-refractivity contribution in [2.45, 2.75) is 13.1 Å². The van der Waals surface area contributed by atoms with Crippen LogP contribution in [0.4, 0.5) is 0 Å². The van der Waals surface area contributed by atoms with Gasteiger partial charge in [-0.15, -0.1) is 0 Å². The largest absolute Gasteiger partial charge is 0.493 e. The van der Waals surface area contributed by atoms with Crippen LogP contribution in [-0.2, 0) is 13.1 Å². The fourth-order valence-corrected chi connectivity index (χ4v) is 4.21. The van der Waals surface area contributed by atoms with Gasteiger partial charge >= 0.3 is 0 Å². The zero-order chi connectivity index (χ0) is 24.5. The molecule has 1 aliphatic rings. The van der Waals surface area contributed by atoms with Crippen LogP contribution in [0.15, 0.2) is 77.9 Å². The van der Waals surface area contributed by atoms with Gasteiger partial charge in [0.25, 0.3) is 5.91 Å². The maximum atomic E-state index is 12.5. The molecule has 0 spiro atoms. The van der Waals surface area contributed by atoms with Gasteiger partial charge in [-0.05, 0) is 35.4 Å². The second kappa shape index (κ2) is 12.1. The van der Waals surface area contributed by atoms with Crippen molar-refractivity contribution in [1.82, 2.24) is 15.2 Å². The third kappa shape index (κ3) is 6.68. The van der Waals surface area contributed by atoms with Gasteiger partial charge in [0.2, 0.25) is 0 Å². The van der Waals surface area contributed by atoms with Gasteiger partial charge in [0, 0.05) is 50.4 Å². The summed E-state index contributed by atoms with van der Waals surface area (Å²) in [4.78, 5) is 17.5. The molecule has 1 aliphatic heterocycles. The van der Waals surface area contributed by atoms with Gasteiger partial charge in [-0.1, -0.05) is 48.5 Å². The van der Waals surface area contributed by atoms with E-state index in [0.29, 0.717) is 22.6 Å². The minimum Gasteiger partial charge on any atom is -0.493 e. The predicted molar refractivity (Wildman–Crippen MR) is 138 cm³/mol. The quantitative estimate of drug-likeness (QED) is 0.379. The molecule has 4 rings (SSSR count). The van der Waals surface area contributed by atoms with Crippen molar-refractivity contribution >= 4 is 12.1 Å². The van der Waals surface area contributed by atoms with Crippen LogP contribution in [0.5, 0.6) is 11.5 Å². The van der Waals surface area contributed by atoms with Crippen molar-refractivity contribution in [2.24, 2.45) is 5.10 Å². The first-order valence-electron chi connectivity index (χ1n) is 11.8.